The number of H-pyrrole nitrogens is 1. The van der Waals surface area contributed by atoms with Crippen LogP contribution in [0.25, 0.3) is 0 Å². The van der Waals surface area contributed by atoms with Gasteiger partial charge >= 0.3 is 6.03 Å². The summed E-state index contributed by atoms with van der Waals surface area (Å²) >= 11 is 0. The predicted molar refractivity (Wildman–Crippen MR) is 96.4 cm³/mol. The van der Waals surface area contributed by atoms with Crippen molar-refractivity contribution in [3.8, 4) is 0 Å². The summed E-state index contributed by atoms with van der Waals surface area (Å²) in [5.41, 5.74) is 3.83. The zero-order valence-corrected chi connectivity index (χ0v) is 14.4. The lowest BCUT2D eigenvalue weighted by molar-refractivity contribution is 0.249. The van der Waals surface area contributed by atoms with E-state index in [4.69, 9.17) is 0 Å². The number of hydrogen-bond acceptors (Lipinski definition) is 3. The Hall–Kier alpha value is -3.09. The first-order valence-corrected chi connectivity index (χ1v) is 8.23. The molecule has 3 N–H and O–H groups in total. The molecule has 7 heteroatoms. The quantitative estimate of drug-likeness (QED) is 0.646. The molecule has 130 valence electrons. The maximum Gasteiger partial charge on any atom is 0.319 e. The summed E-state index contributed by atoms with van der Waals surface area (Å²) in [5, 5.41) is 17.0. The molecule has 0 fully saturated rings. The summed E-state index contributed by atoms with van der Waals surface area (Å²) in [5.74, 6) is 0. The van der Waals surface area contributed by atoms with E-state index in [1.807, 2.05) is 61.1 Å². The lowest BCUT2D eigenvalue weighted by Gasteiger charge is -2.14. The SMILES string of the molecule is Cc1cc(C[C@H](C)NC(=O)Nc2ccc(Cn3cccn3)cc2)n[nH]1. The molecule has 0 aliphatic heterocycles. The highest BCUT2D eigenvalue weighted by molar-refractivity contribution is 5.89. The molecular weight excluding hydrogens is 316 g/mol. The molecule has 0 saturated carbocycles. The number of carbonyl (C=O) groups is 1. The summed E-state index contributed by atoms with van der Waals surface area (Å²) in [6.45, 7) is 4.62. The fourth-order valence-electron chi connectivity index (χ4n) is 2.61. The summed E-state index contributed by atoms with van der Waals surface area (Å²) < 4.78 is 1.85. The van der Waals surface area contributed by atoms with Crippen molar-refractivity contribution >= 4 is 11.7 Å². The van der Waals surface area contributed by atoms with Gasteiger partial charge in [-0.15, -0.1) is 0 Å². The first-order valence-electron chi connectivity index (χ1n) is 8.23. The molecule has 2 aromatic heterocycles. The molecule has 2 heterocycles. The third kappa shape index (κ3) is 4.94. The average Bonchev–Trinajstić information content (AvgIpc) is 3.21. The normalized spacial score (nSPS) is 11.9. The zero-order valence-electron chi connectivity index (χ0n) is 14.4. The largest absolute Gasteiger partial charge is 0.335 e. The first kappa shape index (κ1) is 16.8. The summed E-state index contributed by atoms with van der Waals surface area (Å²) in [6.07, 6.45) is 4.36. The number of aromatic nitrogens is 4. The van der Waals surface area contributed by atoms with Crippen molar-refractivity contribution in [3.63, 3.8) is 0 Å². The van der Waals surface area contributed by atoms with Crippen LogP contribution in [0.2, 0.25) is 0 Å². The maximum absolute atomic E-state index is 12.1. The summed E-state index contributed by atoms with van der Waals surface area (Å²) in [6, 6.07) is 11.4. The highest BCUT2D eigenvalue weighted by Crippen LogP contribution is 2.11. The van der Waals surface area contributed by atoms with Crippen LogP contribution in [0.4, 0.5) is 10.5 Å². The molecule has 0 aliphatic carbocycles. The molecule has 2 amide bonds. The van der Waals surface area contributed by atoms with Gasteiger partial charge in [-0.2, -0.15) is 10.2 Å². The third-order valence-corrected chi connectivity index (χ3v) is 3.77. The smallest absolute Gasteiger partial charge is 0.319 e. The van der Waals surface area contributed by atoms with Crippen LogP contribution in [-0.2, 0) is 13.0 Å². The van der Waals surface area contributed by atoms with Gasteiger partial charge in [0.05, 0.1) is 12.2 Å². The minimum absolute atomic E-state index is 0.0122. The molecule has 0 unspecified atom stereocenters. The van der Waals surface area contributed by atoms with Gasteiger partial charge in [0.2, 0.25) is 0 Å². The number of carbonyl (C=O) groups excluding carboxylic acids is 1. The molecule has 25 heavy (non-hydrogen) atoms. The van der Waals surface area contributed by atoms with Crippen LogP contribution in [0.1, 0.15) is 23.9 Å². The van der Waals surface area contributed by atoms with Gasteiger partial charge in [-0.1, -0.05) is 12.1 Å². The van der Waals surface area contributed by atoms with Crippen molar-refractivity contribution in [1.82, 2.24) is 25.3 Å². The van der Waals surface area contributed by atoms with Gasteiger partial charge in [0, 0.05) is 36.2 Å². The van der Waals surface area contributed by atoms with Crippen molar-refractivity contribution in [1.29, 1.82) is 0 Å². The molecule has 0 aliphatic rings. The number of aryl methyl sites for hydroxylation is 1. The highest BCUT2D eigenvalue weighted by Gasteiger charge is 2.10. The second-order valence-corrected chi connectivity index (χ2v) is 6.15. The number of aromatic amines is 1. The van der Waals surface area contributed by atoms with Crippen LogP contribution in [0, 0.1) is 6.92 Å². The predicted octanol–water partition coefficient (Wildman–Crippen LogP) is 2.72. The van der Waals surface area contributed by atoms with Crippen molar-refractivity contribution in [2.24, 2.45) is 0 Å². The van der Waals surface area contributed by atoms with Gasteiger partial charge in [0.25, 0.3) is 0 Å². The number of benzene rings is 1. The lowest BCUT2D eigenvalue weighted by atomic mass is 10.2. The van der Waals surface area contributed by atoms with Crippen LogP contribution in [0.3, 0.4) is 0 Å². The molecule has 0 saturated heterocycles. The average molecular weight is 338 g/mol. The summed E-state index contributed by atoms with van der Waals surface area (Å²) in [4.78, 5) is 12.1. The van der Waals surface area contributed by atoms with Crippen LogP contribution in [0.5, 0.6) is 0 Å². The highest BCUT2D eigenvalue weighted by atomic mass is 16.2. The lowest BCUT2D eigenvalue weighted by Crippen LogP contribution is -2.37. The number of urea groups is 1. The van der Waals surface area contributed by atoms with Gasteiger partial charge in [-0.25, -0.2) is 4.79 Å². The van der Waals surface area contributed by atoms with E-state index >= 15 is 0 Å². The molecule has 7 nitrogen and oxygen atoms in total. The van der Waals surface area contributed by atoms with E-state index in [2.05, 4.69) is 25.9 Å². The van der Waals surface area contributed by atoms with E-state index < -0.39 is 0 Å². The van der Waals surface area contributed by atoms with Crippen LogP contribution < -0.4 is 10.6 Å². The molecule has 3 aromatic rings. The Morgan fingerprint density at radius 3 is 2.76 bits per heavy atom. The van der Waals surface area contributed by atoms with Crippen molar-refractivity contribution in [3.05, 3.63) is 65.7 Å². The maximum atomic E-state index is 12.1. The van der Waals surface area contributed by atoms with E-state index in [1.54, 1.807) is 6.20 Å². The van der Waals surface area contributed by atoms with Gasteiger partial charge < -0.3 is 10.6 Å². The monoisotopic (exact) mass is 338 g/mol. The molecule has 1 aromatic carbocycles. The molecule has 3 rings (SSSR count). The number of rotatable bonds is 6. The number of amides is 2. The second kappa shape index (κ2) is 7.65. The fraction of sp³-hybridized carbons (Fsp3) is 0.278. The van der Waals surface area contributed by atoms with E-state index in [1.165, 1.54) is 0 Å². The van der Waals surface area contributed by atoms with E-state index in [0.717, 1.165) is 22.6 Å². The van der Waals surface area contributed by atoms with Gasteiger partial charge in [0.15, 0.2) is 0 Å². The number of anilines is 1. The molecule has 0 radical (unpaired) electrons. The van der Waals surface area contributed by atoms with E-state index in [-0.39, 0.29) is 12.1 Å². The second-order valence-electron chi connectivity index (χ2n) is 6.15. The molecule has 0 bridgehead atoms. The Labute approximate surface area is 146 Å². The molecule has 1 atom stereocenters. The van der Waals surface area contributed by atoms with Gasteiger partial charge in [-0.05, 0) is 43.7 Å². The topological polar surface area (TPSA) is 87.6 Å². The third-order valence-electron chi connectivity index (χ3n) is 3.77. The van der Waals surface area contributed by atoms with E-state index in [9.17, 15) is 4.79 Å². The fourth-order valence-corrected chi connectivity index (χ4v) is 2.61. The Bertz CT molecular complexity index is 806. The summed E-state index contributed by atoms with van der Waals surface area (Å²) in [7, 11) is 0. The Morgan fingerprint density at radius 2 is 2.12 bits per heavy atom. The minimum Gasteiger partial charge on any atom is -0.335 e. The zero-order chi connectivity index (χ0) is 17.6. The van der Waals surface area contributed by atoms with Crippen molar-refractivity contribution in [2.75, 3.05) is 5.32 Å². The van der Waals surface area contributed by atoms with Gasteiger partial charge in [0.1, 0.15) is 0 Å². The van der Waals surface area contributed by atoms with Crippen LogP contribution >= 0.6 is 0 Å². The molecule has 0 spiro atoms. The standard InChI is InChI=1S/C18H22N6O/c1-13(10-17-11-14(2)22-23-17)20-18(25)21-16-6-4-15(5-7-16)12-24-9-3-8-19-24/h3-9,11,13H,10,12H2,1-2H3,(H,22,23)(H2,20,21,25)/t13-/m0/s1. The minimum atomic E-state index is -0.223. The Balaban J connectivity index is 1.48. The van der Waals surface area contributed by atoms with Gasteiger partial charge in [-0.3, -0.25) is 9.78 Å². The Morgan fingerprint density at radius 1 is 1.32 bits per heavy atom. The van der Waals surface area contributed by atoms with Crippen molar-refractivity contribution in [2.45, 2.75) is 32.9 Å². The number of hydrogen-bond donors (Lipinski definition) is 3. The first-order chi connectivity index (χ1) is 12.1. The van der Waals surface area contributed by atoms with E-state index in [0.29, 0.717) is 13.0 Å². The Kier molecular flexibility index (Phi) is 5.13. The van der Waals surface area contributed by atoms with Crippen LogP contribution in [0.15, 0.2) is 48.8 Å². The number of nitrogens with zero attached hydrogens (tertiary/aromatic N) is 3. The molecular formula is C18H22N6O. The van der Waals surface area contributed by atoms with Crippen molar-refractivity contribution < 1.29 is 4.79 Å². The number of nitrogens with one attached hydrogen (secondary N) is 3. The van der Waals surface area contributed by atoms with Crippen LogP contribution in [-0.4, -0.2) is 32.1 Å².